The molecule has 0 bridgehead atoms. The molecule has 3 nitrogen and oxygen atoms in total. The molecule has 1 N–H and O–H groups in total. The third-order valence-corrected chi connectivity index (χ3v) is 1.00. The molecule has 0 aliphatic carbocycles. The molecule has 1 heterocycles. The van der Waals surface area contributed by atoms with Crippen LogP contribution < -0.4 is 5.32 Å². The number of amides is 1. The highest BCUT2D eigenvalue weighted by atomic mass is 16.5. The Hall–Kier alpha value is -0.570. The van der Waals surface area contributed by atoms with Gasteiger partial charge in [-0.05, 0) is 13.8 Å². The van der Waals surface area contributed by atoms with E-state index >= 15 is 0 Å². The van der Waals surface area contributed by atoms with E-state index in [4.69, 9.17) is 4.74 Å². The van der Waals surface area contributed by atoms with Crippen molar-refractivity contribution in [3.8, 4) is 0 Å². The highest BCUT2D eigenvalue weighted by Gasteiger charge is 2.28. The van der Waals surface area contributed by atoms with Crippen LogP contribution in [0.3, 0.4) is 0 Å². The van der Waals surface area contributed by atoms with Crippen molar-refractivity contribution in [2.24, 2.45) is 0 Å². The minimum atomic E-state index is -0.433. The first-order chi connectivity index (χ1) is 3.60. The van der Waals surface area contributed by atoms with Gasteiger partial charge in [0.05, 0.1) is 0 Å². The second-order valence-electron chi connectivity index (χ2n) is 2.35. The first kappa shape index (κ1) is 5.56. The molecule has 0 unspecified atom stereocenters. The maximum atomic E-state index is 10.4. The lowest BCUT2D eigenvalue weighted by molar-refractivity contribution is -0.119. The predicted octanol–water partition coefficient (Wildman–Crippen LogP) is -0.131. The Labute approximate surface area is 48.0 Å². The quantitative estimate of drug-likeness (QED) is 0.477. The molecule has 1 saturated heterocycles. The summed E-state index contributed by atoms with van der Waals surface area (Å²) in [5, 5.41) is 2.63. The largest absolute Gasteiger partial charge is 0.347 e. The van der Waals surface area contributed by atoms with E-state index in [2.05, 4.69) is 5.32 Å². The SMILES string of the molecule is CC1(C)NC(=O)CO1. The van der Waals surface area contributed by atoms with Gasteiger partial charge in [0.15, 0.2) is 0 Å². The van der Waals surface area contributed by atoms with E-state index in [9.17, 15) is 4.79 Å². The lowest BCUT2D eigenvalue weighted by Crippen LogP contribution is -2.35. The summed E-state index contributed by atoms with van der Waals surface area (Å²) < 4.78 is 4.99. The van der Waals surface area contributed by atoms with Crippen LogP contribution in [0.4, 0.5) is 0 Å². The molecule has 0 aromatic rings. The normalized spacial score (nSPS) is 25.5. The van der Waals surface area contributed by atoms with Crippen molar-refractivity contribution < 1.29 is 9.53 Å². The van der Waals surface area contributed by atoms with Crippen LogP contribution in [0.2, 0.25) is 0 Å². The summed E-state index contributed by atoms with van der Waals surface area (Å²) in [6, 6.07) is 0. The zero-order valence-corrected chi connectivity index (χ0v) is 5.02. The zero-order valence-electron chi connectivity index (χ0n) is 5.02. The Bertz CT molecular complexity index is 120. The summed E-state index contributed by atoms with van der Waals surface area (Å²) in [5.74, 6) is -0.0324. The number of hydrogen-bond acceptors (Lipinski definition) is 2. The van der Waals surface area contributed by atoms with E-state index < -0.39 is 5.72 Å². The van der Waals surface area contributed by atoms with Gasteiger partial charge in [-0.25, -0.2) is 0 Å². The van der Waals surface area contributed by atoms with Gasteiger partial charge in [-0.1, -0.05) is 0 Å². The molecule has 0 aromatic heterocycles. The second-order valence-corrected chi connectivity index (χ2v) is 2.35. The highest BCUT2D eigenvalue weighted by Crippen LogP contribution is 2.08. The van der Waals surface area contributed by atoms with Crippen molar-refractivity contribution in [3.05, 3.63) is 0 Å². The fourth-order valence-electron chi connectivity index (χ4n) is 0.654. The van der Waals surface area contributed by atoms with E-state index in [0.717, 1.165) is 0 Å². The number of rotatable bonds is 0. The Morgan fingerprint density at radius 3 is 2.50 bits per heavy atom. The molecule has 1 fully saturated rings. The van der Waals surface area contributed by atoms with Gasteiger partial charge in [0.25, 0.3) is 0 Å². The molecule has 0 aromatic carbocycles. The summed E-state index contributed by atoms with van der Waals surface area (Å²) in [6.45, 7) is 3.84. The number of nitrogens with one attached hydrogen (secondary N) is 1. The second kappa shape index (κ2) is 1.45. The molecular weight excluding hydrogens is 106 g/mol. The van der Waals surface area contributed by atoms with Crippen molar-refractivity contribution in [2.75, 3.05) is 6.61 Å². The first-order valence-corrected chi connectivity index (χ1v) is 2.55. The Balaban J connectivity index is 2.56. The summed E-state index contributed by atoms with van der Waals surface area (Å²) >= 11 is 0. The van der Waals surface area contributed by atoms with E-state index in [1.165, 1.54) is 0 Å². The van der Waals surface area contributed by atoms with Crippen LogP contribution in [-0.2, 0) is 9.53 Å². The molecule has 0 spiro atoms. The van der Waals surface area contributed by atoms with Crippen LogP contribution in [0.25, 0.3) is 0 Å². The predicted molar refractivity (Wildman–Crippen MR) is 28.2 cm³/mol. The minimum absolute atomic E-state index is 0.0324. The molecule has 0 saturated carbocycles. The molecule has 3 heteroatoms. The summed E-state index contributed by atoms with van der Waals surface area (Å²) in [7, 11) is 0. The number of carbonyl (C=O) groups excluding carboxylic acids is 1. The third kappa shape index (κ3) is 0.980. The summed E-state index contributed by atoms with van der Waals surface area (Å²) in [4.78, 5) is 10.4. The Morgan fingerprint density at radius 2 is 2.38 bits per heavy atom. The molecule has 1 aliphatic rings. The van der Waals surface area contributed by atoms with Gasteiger partial charge in [-0.2, -0.15) is 0 Å². The average Bonchev–Trinajstić information content (AvgIpc) is 1.82. The van der Waals surface area contributed by atoms with Crippen molar-refractivity contribution in [1.82, 2.24) is 5.32 Å². The highest BCUT2D eigenvalue weighted by molar-refractivity contribution is 5.79. The van der Waals surface area contributed by atoms with Crippen LogP contribution in [-0.4, -0.2) is 18.2 Å². The maximum absolute atomic E-state index is 10.4. The number of ether oxygens (including phenoxy) is 1. The van der Waals surface area contributed by atoms with Gasteiger partial charge >= 0.3 is 0 Å². The third-order valence-electron chi connectivity index (χ3n) is 1.00. The van der Waals surface area contributed by atoms with Gasteiger partial charge in [0.1, 0.15) is 12.3 Å². The van der Waals surface area contributed by atoms with Gasteiger partial charge in [0.2, 0.25) is 5.91 Å². The van der Waals surface area contributed by atoms with E-state index in [-0.39, 0.29) is 12.5 Å². The first-order valence-electron chi connectivity index (χ1n) is 2.55. The zero-order chi connectivity index (χ0) is 6.20. The van der Waals surface area contributed by atoms with Crippen LogP contribution in [0.15, 0.2) is 0 Å². The molecular formula is C5H9NO2. The average molecular weight is 115 g/mol. The summed E-state index contributed by atoms with van der Waals surface area (Å²) in [5.41, 5.74) is -0.433. The van der Waals surface area contributed by atoms with Crippen LogP contribution >= 0.6 is 0 Å². The summed E-state index contributed by atoms with van der Waals surface area (Å²) in [6.07, 6.45) is 0. The fraction of sp³-hybridized carbons (Fsp3) is 0.800. The molecule has 1 amide bonds. The lowest BCUT2D eigenvalue weighted by Gasteiger charge is -2.14. The molecule has 8 heavy (non-hydrogen) atoms. The molecule has 0 radical (unpaired) electrons. The van der Waals surface area contributed by atoms with Crippen molar-refractivity contribution >= 4 is 5.91 Å². The smallest absolute Gasteiger partial charge is 0.248 e. The van der Waals surface area contributed by atoms with Crippen LogP contribution in [0.5, 0.6) is 0 Å². The monoisotopic (exact) mass is 115 g/mol. The Kier molecular flexibility index (Phi) is 1.01. The van der Waals surface area contributed by atoms with Crippen LogP contribution in [0.1, 0.15) is 13.8 Å². The lowest BCUT2D eigenvalue weighted by atomic mass is 10.3. The van der Waals surface area contributed by atoms with Crippen LogP contribution in [0, 0.1) is 0 Å². The molecule has 46 valence electrons. The van der Waals surface area contributed by atoms with E-state index in [0.29, 0.717) is 0 Å². The fourth-order valence-corrected chi connectivity index (χ4v) is 0.654. The van der Waals surface area contributed by atoms with Crippen molar-refractivity contribution in [1.29, 1.82) is 0 Å². The maximum Gasteiger partial charge on any atom is 0.248 e. The van der Waals surface area contributed by atoms with Gasteiger partial charge in [-0.15, -0.1) is 0 Å². The molecule has 1 aliphatic heterocycles. The molecule has 0 atom stereocenters. The molecule has 1 rings (SSSR count). The van der Waals surface area contributed by atoms with Crippen molar-refractivity contribution in [3.63, 3.8) is 0 Å². The standard InChI is InChI=1S/C5H9NO2/c1-5(2)6-4(7)3-8-5/h3H2,1-2H3,(H,6,7). The van der Waals surface area contributed by atoms with Gasteiger partial charge in [-0.3, -0.25) is 4.79 Å². The number of carbonyl (C=O) groups is 1. The Morgan fingerprint density at radius 1 is 1.75 bits per heavy atom. The topological polar surface area (TPSA) is 38.3 Å². The van der Waals surface area contributed by atoms with Gasteiger partial charge < -0.3 is 10.1 Å². The van der Waals surface area contributed by atoms with Crippen molar-refractivity contribution in [2.45, 2.75) is 19.6 Å². The van der Waals surface area contributed by atoms with Gasteiger partial charge in [0, 0.05) is 0 Å². The minimum Gasteiger partial charge on any atom is -0.347 e. The van der Waals surface area contributed by atoms with E-state index in [1.807, 2.05) is 13.8 Å². The van der Waals surface area contributed by atoms with E-state index in [1.54, 1.807) is 0 Å². The number of hydrogen-bond donors (Lipinski definition) is 1.